The summed E-state index contributed by atoms with van der Waals surface area (Å²) in [6.45, 7) is 0. The lowest BCUT2D eigenvalue weighted by Gasteiger charge is -2.28. The van der Waals surface area contributed by atoms with Crippen molar-refractivity contribution in [1.29, 1.82) is 0 Å². The summed E-state index contributed by atoms with van der Waals surface area (Å²) in [5.74, 6) is -1.29. The highest BCUT2D eigenvalue weighted by atomic mass is 16.6. The number of esters is 2. The van der Waals surface area contributed by atoms with Gasteiger partial charge in [-0.05, 0) is 11.1 Å². The number of ether oxygens (including phenoxy) is 3. The molecule has 0 unspecified atom stereocenters. The van der Waals surface area contributed by atoms with Crippen LogP contribution in [0.4, 0.5) is 0 Å². The molecule has 1 aliphatic heterocycles. The molecule has 0 saturated carbocycles. The van der Waals surface area contributed by atoms with Gasteiger partial charge in [-0.2, -0.15) is 0 Å². The maximum atomic E-state index is 12.7. The van der Waals surface area contributed by atoms with Gasteiger partial charge in [-0.3, -0.25) is 9.59 Å². The molecule has 0 bridgehead atoms. The molecule has 0 spiro atoms. The molecule has 2 aromatic rings. The summed E-state index contributed by atoms with van der Waals surface area (Å²) >= 11 is 0. The zero-order chi connectivity index (χ0) is 17.9. The van der Waals surface area contributed by atoms with Gasteiger partial charge in [-0.25, -0.2) is 0 Å². The summed E-state index contributed by atoms with van der Waals surface area (Å²) in [6, 6.07) is 18.7. The van der Waals surface area contributed by atoms with Crippen molar-refractivity contribution in [2.24, 2.45) is 5.41 Å². The first-order valence-electron chi connectivity index (χ1n) is 8.05. The molecule has 0 amide bonds. The number of rotatable bonds is 4. The van der Waals surface area contributed by atoms with Crippen molar-refractivity contribution < 1.29 is 23.8 Å². The lowest BCUT2D eigenvalue weighted by molar-refractivity contribution is -0.173. The zero-order valence-electron chi connectivity index (χ0n) is 14.2. The average molecular weight is 340 g/mol. The van der Waals surface area contributed by atoms with Gasteiger partial charge < -0.3 is 14.2 Å². The van der Waals surface area contributed by atoms with E-state index in [1.54, 1.807) is 0 Å². The minimum atomic E-state index is -1.54. The summed E-state index contributed by atoms with van der Waals surface area (Å²) in [5.41, 5.74) is 0.0978. The summed E-state index contributed by atoms with van der Waals surface area (Å²) in [6.07, 6.45) is -1.03. The fourth-order valence-electron chi connectivity index (χ4n) is 3.41. The van der Waals surface area contributed by atoms with Gasteiger partial charge in [0.05, 0.1) is 20.3 Å². The van der Waals surface area contributed by atoms with E-state index in [1.165, 1.54) is 14.2 Å². The van der Waals surface area contributed by atoms with Gasteiger partial charge in [0, 0.05) is 6.42 Å². The molecule has 0 N–H and O–H groups in total. The molecule has 0 radical (unpaired) electrons. The molecule has 0 aromatic heterocycles. The molecular weight excluding hydrogens is 320 g/mol. The van der Waals surface area contributed by atoms with Crippen LogP contribution in [-0.2, 0) is 23.8 Å². The van der Waals surface area contributed by atoms with E-state index in [0.29, 0.717) is 0 Å². The average Bonchev–Trinajstić information content (AvgIpc) is 3.10. The number of benzene rings is 2. The highest BCUT2D eigenvalue weighted by Gasteiger charge is 2.62. The van der Waals surface area contributed by atoms with Gasteiger partial charge in [0.25, 0.3) is 0 Å². The number of carbonyl (C=O) groups is 2. The molecule has 25 heavy (non-hydrogen) atoms. The van der Waals surface area contributed by atoms with E-state index >= 15 is 0 Å². The third kappa shape index (κ3) is 2.91. The molecule has 1 fully saturated rings. The molecule has 3 rings (SSSR count). The van der Waals surface area contributed by atoms with Crippen LogP contribution in [0.15, 0.2) is 60.7 Å². The monoisotopic (exact) mass is 340 g/mol. The Morgan fingerprint density at radius 3 is 1.84 bits per heavy atom. The Labute approximate surface area is 146 Å². The number of hydrogen-bond donors (Lipinski definition) is 0. The van der Waals surface area contributed by atoms with Crippen molar-refractivity contribution in [2.75, 3.05) is 14.2 Å². The lowest BCUT2D eigenvalue weighted by atomic mass is 9.76. The van der Waals surface area contributed by atoms with Gasteiger partial charge in [0.15, 0.2) is 5.41 Å². The van der Waals surface area contributed by atoms with Crippen molar-refractivity contribution in [2.45, 2.75) is 18.6 Å². The molecule has 5 nitrogen and oxygen atoms in total. The number of carbonyl (C=O) groups excluding carboxylic acids is 2. The van der Waals surface area contributed by atoms with Crippen LogP contribution in [0.25, 0.3) is 0 Å². The fourth-order valence-corrected chi connectivity index (χ4v) is 3.41. The van der Waals surface area contributed by atoms with Crippen LogP contribution in [0, 0.1) is 5.41 Å². The second kappa shape index (κ2) is 7.07. The second-order valence-electron chi connectivity index (χ2n) is 5.98. The second-order valence-corrected chi connectivity index (χ2v) is 5.98. The zero-order valence-corrected chi connectivity index (χ0v) is 14.2. The Hall–Kier alpha value is -2.66. The quantitative estimate of drug-likeness (QED) is 0.632. The fraction of sp³-hybridized carbons (Fsp3) is 0.300. The summed E-state index contributed by atoms with van der Waals surface area (Å²) in [5, 5.41) is 0. The predicted molar refractivity (Wildman–Crippen MR) is 90.5 cm³/mol. The van der Waals surface area contributed by atoms with Crippen LogP contribution in [-0.4, -0.2) is 26.2 Å². The van der Waals surface area contributed by atoms with Gasteiger partial charge in [-0.15, -0.1) is 0 Å². The smallest absolute Gasteiger partial charge is 0.326 e. The number of methoxy groups -OCH3 is 2. The van der Waals surface area contributed by atoms with Crippen LogP contribution in [0.1, 0.15) is 29.8 Å². The largest absolute Gasteiger partial charge is 0.468 e. The summed E-state index contributed by atoms with van der Waals surface area (Å²) in [7, 11) is 2.54. The van der Waals surface area contributed by atoms with Gasteiger partial charge in [0.2, 0.25) is 0 Å². The predicted octanol–water partition coefficient (Wildman–Crippen LogP) is 3.22. The van der Waals surface area contributed by atoms with E-state index in [4.69, 9.17) is 14.2 Å². The van der Waals surface area contributed by atoms with Crippen molar-refractivity contribution in [1.82, 2.24) is 0 Å². The highest BCUT2D eigenvalue weighted by Crippen LogP contribution is 2.54. The van der Waals surface area contributed by atoms with Crippen molar-refractivity contribution in [3.63, 3.8) is 0 Å². The SMILES string of the molecule is COC(=O)C1(C(=O)OC)C[C@@H](c2ccccc2)O[C@H]1c1ccccc1. The van der Waals surface area contributed by atoms with Crippen LogP contribution in [0.5, 0.6) is 0 Å². The Kier molecular flexibility index (Phi) is 4.86. The first-order valence-corrected chi connectivity index (χ1v) is 8.05. The Morgan fingerprint density at radius 1 is 0.880 bits per heavy atom. The third-order valence-corrected chi connectivity index (χ3v) is 4.63. The first-order chi connectivity index (χ1) is 12.1. The van der Waals surface area contributed by atoms with Crippen molar-refractivity contribution in [3.05, 3.63) is 71.8 Å². The standard InChI is InChI=1S/C20H20O5/c1-23-18(21)20(19(22)24-2)13-16(14-9-5-3-6-10-14)25-17(20)15-11-7-4-8-12-15/h3-12,16-17H,13H2,1-2H3/t16-,17-/m0/s1. The maximum Gasteiger partial charge on any atom is 0.326 e. The van der Waals surface area contributed by atoms with Gasteiger partial charge in [0.1, 0.15) is 6.10 Å². The van der Waals surface area contributed by atoms with Crippen LogP contribution in [0.2, 0.25) is 0 Å². The third-order valence-electron chi connectivity index (χ3n) is 4.63. The maximum absolute atomic E-state index is 12.7. The van der Waals surface area contributed by atoms with Crippen LogP contribution < -0.4 is 0 Å². The highest BCUT2D eigenvalue weighted by molar-refractivity contribution is 6.01. The molecule has 1 saturated heterocycles. The van der Waals surface area contributed by atoms with E-state index in [-0.39, 0.29) is 6.42 Å². The normalized spacial score (nSPS) is 21.5. The molecular formula is C20H20O5. The van der Waals surface area contributed by atoms with E-state index in [0.717, 1.165) is 11.1 Å². The molecule has 130 valence electrons. The summed E-state index contributed by atoms with van der Waals surface area (Å²) < 4.78 is 16.1. The molecule has 2 aromatic carbocycles. The Balaban J connectivity index is 2.10. The molecule has 5 heteroatoms. The molecule has 2 atom stereocenters. The lowest BCUT2D eigenvalue weighted by Crippen LogP contribution is -2.43. The van der Waals surface area contributed by atoms with Crippen LogP contribution in [0.3, 0.4) is 0 Å². The van der Waals surface area contributed by atoms with Crippen molar-refractivity contribution >= 4 is 11.9 Å². The topological polar surface area (TPSA) is 61.8 Å². The van der Waals surface area contributed by atoms with Crippen molar-refractivity contribution in [3.8, 4) is 0 Å². The minimum absolute atomic E-state index is 0.163. The van der Waals surface area contributed by atoms with E-state index in [1.807, 2.05) is 60.7 Å². The Bertz CT molecular complexity index is 725. The molecule has 0 aliphatic carbocycles. The van der Waals surface area contributed by atoms with Gasteiger partial charge >= 0.3 is 11.9 Å². The molecule has 1 aliphatic rings. The minimum Gasteiger partial charge on any atom is -0.468 e. The van der Waals surface area contributed by atoms with E-state index < -0.39 is 29.6 Å². The number of hydrogen-bond acceptors (Lipinski definition) is 5. The van der Waals surface area contributed by atoms with Gasteiger partial charge in [-0.1, -0.05) is 60.7 Å². The Morgan fingerprint density at radius 2 is 1.36 bits per heavy atom. The summed E-state index contributed by atoms with van der Waals surface area (Å²) in [4.78, 5) is 25.4. The first kappa shape index (κ1) is 17.2. The molecule has 1 heterocycles. The van der Waals surface area contributed by atoms with Crippen LogP contribution >= 0.6 is 0 Å². The van der Waals surface area contributed by atoms with E-state index in [9.17, 15) is 9.59 Å². The van der Waals surface area contributed by atoms with E-state index in [2.05, 4.69) is 0 Å².